The van der Waals surface area contributed by atoms with E-state index in [0.29, 0.717) is 6.54 Å². The second kappa shape index (κ2) is 6.35. The summed E-state index contributed by atoms with van der Waals surface area (Å²) in [5, 5.41) is 5.36. The first-order chi connectivity index (χ1) is 9.25. The molecule has 4 nitrogen and oxygen atoms in total. The van der Waals surface area contributed by atoms with Crippen molar-refractivity contribution in [2.45, 2.75) is 6.54 Å². The van der Waals surface area contributed by atoms with Gasteiger partial charge in [0.2, 0.25) is 0 Å². The number of carbonyl (C=O) groups excluding carboxylic acids is 1. The van der Waals surface area contributed by atoms with Crippen molar-refractivity contribution in [2.24, 2.45) is 10.8 Å². The molecule has 2 aromatic carbocycles. The van der Waals surface area contributed by atoms with Crippen molar-refractivity contribution in [2.75, 3.05) is 0 Å². The molecule has 0 saturated heterocycles. The molecule has 0 aliphatic rings. The molecule has 2 N–H and O–H groups in total. The Morgan fingerprint density at radius 3 is 2.21 bits per heavy atom. The van der Waals surface area contributed by atoms with Crippen LogP contribution in [0, 0.1) is 0 Å². The molecular weight excluding hydrogens is 238 g/mol. The maximum absolute atomic E-state index is 11.4. The number of nitrogens with two attached hydrogens (primary N) is 1. The van der Waals surface area contributed by atoms with Crippen LogP contribution in [-0.4, -0.2) is 17.3 Å². The second-order valence-corrected chi connectivity index (χ2v) is 4.04. The van der Waals surface area contributed by atoms with Gasteiger partial charge in [-0.15, -0.1) is 0 Å². The molecule has 0 aromatic heterocycles. The van der Waals surface area contributed by atoms with Gasteiger partial charge in [0.1, 0.15) is 0 Å². The summed E-state index contributed by atoms with van der Waals surface area (Å²) in [5.74, 6) is 0. The highest BCUT2D eigenvalue weighted by Crippen LogP contribution is 2.05. The molecule has 96 valence electrons. The van der Waals surface area contributed by atoms with Crippen LogP contribution in [0.4, 0.5) is 4.79 Å². The lowest BCUT2D eigenvalue weighted by atomic mass is 10.2. The number of hydrogen-bond acceptors (Lipinski definition) is 2. The Kier molecular flexibility index (Phi) is 4.29. The van der Waals surface area contributed by atoms with Gasteiger partial charge in [0, 0.05) is 0 Å². The standard InChI is InChI=1S/C15H15N3O/c16-15(19)18(12-14-9-5-2-6-10-14)17-11-13-7-3-1-4-8-13/h1-11H,12H2,(H2,16,19). The van der Waals surface area contributed by atoms with Crippen LogP contribution in [0.25, 0.3) is 0 Å². The number of primary amides is 1. The van der Waals surface area contributed by atoms with Crippen LogP contribution >= 0.6 is 0 Å². The summed E-state index contributed by atoms with van der Waals surface area (Å²) in [7, 11) is 0. The summed E-state index contributed by atoms with van der Waals surface area (Å²) in [6, 6.07) is 18.6. The fourth-order valence-corrected chi connectivity index (χ4v) is 1.61. The van der Waals surface area contributed by atoms with E-state index in [1.807, 2.05) is 60.7 Å². The number of urea groups is 1. The van der Waals surface area contributed by atoms with Gasteiger partial charge in [-0.1, -0.05) is 60.7 Å². The zero-order valence-electron chi connectivity index (χ0n) is 10.4. The molecule has 4 heteroatoms. The van der Waals surface area contributed by atoms with Gasteiger partial charge in [-0.3, -0.25) is 0 Å². The fraction of sp³-hybridized carbons (Fsp3) is 0.0667. The molecule has 0 bridgehead atoms. The van der Waals surface area contributed by atoms with Gasteiger partial charge in [0.25, 0.3) is 0 Å². The second-order valence-electron chi connectivity index (χ2n) is 4.04. The molecule has 0 aliphatic heterocycles. The van der Waals surface area contributed by atoms with E-state index < -0.39 is 6.03 Å². The van der Waals surface area contributed by atoms with E-state index in [2.05, 4.69) is 5.10 Å². The monoisotopic (exact) mass is 253 g/mol. The lowest BCUT2D eigenvalue weighted by Crippen LogP contribution is -2.30. The average molecular weight is 253 g/mol. The number of hydrazone groups is 1. The minimum Gasteiger partial charge on any atom is -0.350 e. The van der Waals surface area contributed by atoms with Crippen LogP contribution in [0.2, 0.25) is 0 Å². The van der Waals surface area contributed by atoms with Crippen molar-refractivity contribution in [3.05, 3.63) is 71.8 Å². The van der Waals surface area contributed by atoms with Crippen LogP contribution < -0.4 is 5.73 Å². The molecule has 0 fully saturated rings. The van der Waals surface area contributed by atoms with E-state index in [0.717, 1.165) is 11.1 Å². The van der Waals surface area contributed by atoms with E-state index in [1.54, 1.807) is 6.21 Å². The van der Waals surface area contributed by atoms with Gasteiger partial charge < -0.3 is 5.73 Å². The average Bonchev–Trinajstić information content (AvgIpc) is 2.45. The molecule has 0 atom stereocenters. The van der Waals surface area contributed by atoms with Crippen LogP contribution in [0.3, 0.4) is 0 Å². The normalized spacial score (nSPS) is 10.5. The van der Waals surface area contributed by atoms with Crippen molar-refractivity contribution < 1.29 is 4.79 Å². The number of benzene rings is 2. The van der Waals surface area contributed by atoms with E-state index in [9.17, 15) is 4.79 Å². The quantitative estimate of drug-likeness (QED) is 0.660. The van der Waals surface area contributed by atoms with Crippen LogP contribution in [0.1, 0.15) is 11.1 Å². The predicted octanol–water partition coefficient (Wildman–Crippen LogP) is 2.60. The summed E-state index contributed by atoms with van der Waals surface area (Å²) < 4.78 is 0. The van der Waals surface area contributed by atoms with Crippen molar-refractivity contribution in [1.82, 2.24) is 5.01 Å². The highest BCUT2D eigenvalue weighted by atomic mass is 16.2. The summed E-state index contributed by atoms with van der Waals surface area (Å²) in [5.41, 5.74) is 7.22. The first-order valence-electron chi connectivity index (χ1n) is 5.95. The predicted molar refractivity (Wildman–Crippen MR) is 75.6 cm³/mol. The minimum absolute atomic E-state index is 0.361. The highest BCUT2D eigenvalue weighted by Gasteiger charge is 2.07. The Morgan fingerprint density at radius 2 is 1.63 bits per heavy atom. The Morgan fingerprint density at radius 1 is 1.05 bits per heavy atom. The molecule has 2 rings (SSSR count). The molecule has 2 amide bonds. The number of carbonyl (C=O) groups is 1. The molecule has 19 heavy (non-hydrogen) atoms. The minimum atomic E-state index is -0.573. The van der Waals surface area contributed by atoms with Gasteiger partial charge in [-0.25, -0.2) is 9.80 Å². The Hall–Kier alpha value is -2.62. The Labute approximate surface area is 112 Å². The number of amides is 2. The third-order valence-electron chi connectivity index (χ3n) is 2.58. The summed E-state index contributed by atoms with van der Waals surface area (Å²) in [6.07, 6.45) is 1.62. The van der Waals surface area contributed by atoms with E-state index in [1.165, 1.54) is 5.01 Å². The smallest absolute Gasteiger partial charge is 0.335 e. The largest absolute Gasteiger partial charge is 0.350 e. The molecule has 2 aromatic rings. The third kappa shape index (κ3) is 3.96. The van der Waals surface area contributed by atoms with Crippen molar-refractivity contribution in [3.8, 4) is 0 Å². The number of hydrogen-bond donors (Lipinski definition) is 1. The maximum Gasteiger partial charge on any atom is 0.335 e. The number of nitrogens with zero attached hydrogens (tertiary/aromatic N) is 2. The molecule has 0 saturated carbocycles. The van der Waals surface area contributed by atoms with Crippen LogP contribution in [0.5, 0.6) is 0 Å². The molecule has 0 spiro atoms. The van der Waals surface area contributed by atoms with Crippen molar-refractivity contribution >= 4 is 12.2 Å². The van der Waals surface area contributed by atoms with Gasteiger partial charge in [-0.2, -0.15) is 5.10 Å². The van der Waals surface area contributed by atoms with Gasteiger partial charge >= 0.3 is 6.03 Å². The molecular formula is C15H15N3O. The SMILES string of the molecule is NC(=O)N(Cc1ccccc1)N=Cc1ccccc1. The Balaban J connectivity index is 2.09. The summed E-state index contributed by atoms with van der Waals surface area (Å²) >= 11 is 0. The van der Waals surface area contributed by atoms with E-state index in [4.69, 9.17) is 5.73 Å². The van der Waals surface area contributed by atoms with Crippen LogP contribution in [-0.2, 0) is 6.54 Å². The fourth-order valence-electron chi connectivity index (χ4n) is 1.61. The number of rotatable bonds is 4. The summed E-state index contributed by atoms with van der Waals surface area (Å²) in [4.78, 5) is 11.4. The van der Waals surface area contributed by atoms with Gasteiger partial charge in [-0.05, 0) is 11.1 Å². The Bertz CT molecular complexity index is 552. The highest BCUT2D eigenvalue weighted by molar-refractivity contribution is 5.81. The van der Waals surface area contributed by atoms with Crippen molar-refractivity contribution in [1.29, 1.82) is 0 Å². The first kappa shape index (κ1) is 12.8. The van der Waals surface area contributed by atoms with Gasteiger partial charge in [0.15, 0.2) is 0 Å². The molecule has 0 radical (unpaired) electrons. The summed E-state index contributed by atoms with van der Waals surface area (Å²) in [6.45, 7) is 0.361. The van der Waals surface area contributed by atoms with Gasteiger partial charge in [0.05, 0.1) is 12.8 Å². The first-order valence-corrected chi connectivity index (χ1v) is 5.95. The molecule has 0 heterocycles. The topological polar surface area (TPSA) is 58.7 Å². The maximum atomic E-state index is 11.4. The lowest BCUT2D eigenvalue weighted by molar-refractivity contribution is 0.208. The third-order valence-corrected chi connectivity index (χ3v) is 2.58. The lowest BCUT2D eigenvalue weighted by Gasteiger charge is -2.14. The van der Waals surface area contributed by atoms with E-state index in [-0.39, 0.29) is 0 Å². The van der Waals surface area contributed by atoms with Crippen molar-refractivity contribution in [3.63, 3.8) is 0 Å². The van der Waals surface area contributed by atoms with E-state index >= 15 is 0 Å². The zero-order chi connectivity index (χ0) is 13.5. The molecule has 0 aliphatic carbocycles. The molecule has 0 unspecified atom stereocenters. The van der Waals surface area contributed by atoms with Crippen LogP contribution in [0.15, 0.2) is 65.8 Å². The zero-order valence-corrected chi connectivity index (χ0v) is 10.4.